The van der Waals surface area contributed by atoms with E-state index in [4.69, 9.17) is 4.74 Å². The molecule has 0 atom stereocenters. The van der Waals surface area contributed by atoms with Crippen LogP contribution in [-0.2, 0) is 22.6 Å². The van der Waals surface area contributed by atoms with Gasteiger partial charge in [-0.2, -0.15) is 0 Å². The zero-order valence-corrected chi connectivity index (χ0v) is 13.8. The molecule has 126 valence electrons. The highest BCUT2D eigenvalue weighted by Gasteiger charge is 2.21. The Kier molecular flexibility index (Phi) is 5.10. The standard InChI is InChI=1S/C17H17FN2O3S/c18-13-3-4-15-12(8-13)10-20(17(22)11-23-15)6-5-19-16(21)9-14-2-1-7-24-14/h1-4,7-8H,5-6,9-11H2,(H,19,21). The number of ether oxygens (including phenoxy) is 1. The topological polar surface area (TPSA) is 58.6 Å². The number of fused-ring (bicyclic) bond motifs is 1. The van der Waals surface area contributed by atoms with Gasteiger partial charge in [0.25, 0.3) is 5.91 Å². The maximum atomic E-state index is 13.4. The fourth-order valence-corrected chi connectivity index (χ4v) is 3.21. The molecule has 0 spiro atoms. The summed E-state index contributed by atoms with van der Waals surface area (Å²) in [5, 5.41) is 4.73. The van der Waals surface area contributed by atoms with E-state index in [-0.39, 0.29) is 30.8 Å². The van der Waals surface area contributed by atoms with Gasteiger partial charge < -0.3 is 15.0 Å². The van der Waals surface area contributed by atoms with Crippen molar-refractivity contribution >= 4 is 23.2 Å². The molecule has 0 aliphatic carbocycles. The van der Waals surface area contributed by atoms with Crippen molar-refractivity contribution in [2.45, 2.75) is 13.0 Å². The molecule has 1 aromatic carbocycles. The van der Waals surface area contributed by atoms with Crippen LogP contribution in [0.4, 0.5) is 4.39 Å². The number of rotatable bonds is 5. The van der Waals surface area contributed by atoms with Crippen LogP contribution in [0.3, 0.4) is 0 Å². The molecule has 3 rings (SSSR count). The normalized spacial score (nSPS) is 13.9. The van der Waals surface area contributed by atoms with E-state index in [2.05, 4.69) is 5.32 Å². The first-order valence-electron chi connectivity index (χ1n) is 7.60. The van der Waals surface area contributed by atoms with Gasteiger partial charge in [-0.05, 0) is 29.6 Å². The minimum atomic E-state index is -0.365. The molecule has 5 nitrogen and oxygen atoms in total. The Morgan fingerprint density at radius 1 is 1.38 bits per heavy atom. The molecule has 1 aliphatic rings. The zero-order chi connectivity index (χ0) is 16.9. The number of nitrogens with zero attached hydrogens (tertiary/aromatic N) is 1. The monoisotopic (exact) mass is 348 g/mol. The number of carbonyl (C=O) groups excluding carboxylic acids is 2. The Labute approximate surface area is 143 Å². The van der Waals surface area contributed by atoms with Gasteiger partial charge in [-0.1, -0.05) is 6.07 Å². The van der Waals surface area contributed by atoms with E-state index in [1.165, 1.54) is 29.5 Å². The van der Waals surface area contributed by atoms with Gasteiger partial charge in [0.1, 0.15) is 11.6 Å². The van der Waals surface area contributed by atoms with Gasteiger partial charge in [0.05, 0.1) is 6.42 Å². The molecule has 2 aromatic rings. The number of carbonyl (C=O) groups is 2. The van der Waals surface area contributed by atoms with E-state index in [1.54, 1.807) is 4.90 Å². The number of nitrogens with one attached hydrogen (secondary N) is 1. The molecule has 0 saturated carbocycles. The molecule has 2 amide bonds. The molecule has 2 heterocycles. The van der Waals surface area contributed by atoms with E-state index < -0.39 is 0 Å². The van der Waals surface area contributed by atoms with Gasteiger partial charge in [-0.15, -0.1) is 11.3 Å². The third-order valence-electron chi connectivity index (χ3n) is 3.71. The van der Waals surface area contributed by atoms with E-state index in [9.17, 15) is 14.0 Å². The first-order chi connectivity index (χ1) is 11.6. The third-order valence-corrected chi connectivity index (χ3v) is 4.58. The first kappa shape index (κ1) is 16.4. The fourth-order valence-electron chi connectivity index (χ4n) is 2.50. The lowest BCUT2D eigenvalue weighted by Crippen LogP contribution is -2.39. The smallest absolute Gasteiger partial charge is 0.260 e. The summed E-state index contributed by atoms with van der Waals surface area (Å²) in [6.45, 7) is 0.892. The van der Waals surface area contributed by atoms with Crippen molar-refractivity contribution < 1.29 is 18.7 Å². The molecule has 0 bridgehead atoms. The van der Waals surface area contributed by atoms with Crippen LogP contribution in [0.1, 0.15) is 10.4 Å². The molecule has 0 radical (unpaired) electrons. The van der Waals surface area contributed by atoms with Gasteiger partial charge >= 0.3 is 0 Å². The molecule has 0 fully saturated rings. The van der Waals surface area contributed by atoms with Gasteiger partial charge in [0.15, 0.2) is 6.61 Å². The molecule has 1 aliphatic heterocycles. The average molecular weight is 348 g/mol. The van der Waals surface area contributed by atoms with E-state index >= 15 is 0 Å². The van der Waals surface area contributed by atoms with Crippen LogP contribution >= 0.6 is 11.3 Å². The third kappa shape index (κ3) is 4.11. The van der Waals surface area contributed by atoms with E-state index in [1.807, 2.05) is 17.5 Å². The predicted octanol–water partition coefficient (Wildman–Crippen LogP) is 1.97. The molecular formula is C17H17FN2O3S. The second-order valence-electron chi connectivity index (χ2n) is 5.46. The minimum absolute atomic E-state index is 0.0811. The van der Waals surface area contributed by atoms with Crippen LogP contribution in [0.2, 0.25) is 0 Å². The van der Waals surface area contributed by atoms with Gasteiger partial charge in [-0.25, -0.2) is 4.39 Å². The summed E-state index contributed by atoms with van der Waals surface area (Å²) >= 11 is 1.53. The molecule has 24 heavy (non-hydrogen) atoms. The second-order valence-corrected chi connectivity index (χ2v) is 6.49. The van der Waals surface area contributed by atoms with Crippen molar-refractivity contribution in [3.05, 3.63) is 52.0 Å². The van der Waals surface area contributed by atoms with Gasteiger partial charge in [0, 0.05) is 30.1 Å². The predicted molar refractivity (Wildman–Crippen MR) is 88.3 cm³/mol. The lowest BCUT2D eigenvalue weighted by atomic mass is 10.2. The number of amides is 2. The Bertz CT molecular complexity index is 733. The summed E-state index contributed by atoms with van der Waals surface area (Å²) in [6, 6.07) is 8.02. The summed E-state index contributed by atoms with van der Waals surface area (Å²) in [7, 11) is 0. The number of hydrogen-bond acceptors (Lipinski definition) is 4. The molecule has 0 saturated heterocycles. The van der Waals surface area contributed by atoms with Gasteiger partial charge in [0.2, 0.25) is 5.91 Å². The van der Waals surface area contributed by atoms with Crippen LogP contribution < -0.4 is 10.1 Å². The summed E-state index contributed by atoms with van der Waals surface area (Å²) in [5.41, 5.74) is 0.630. The largest absolute Gasteiger partial charge is 0.483 e. The summed E-state index contributed by atoms with van der Waals surface area (Å²) < 4.78 is 18.8. The maximum Gasteiger partial charge on any atom is 0.260 e. The van der Waals surface area contributed by atoms with Crippen molar-refractivity contribution in [3.8, 4) is 5.75 Å². The molecule has 1 aromatic heterocycles. The van der Waals surface area contributed by atoms with Crippen molar-refractivity contribution in [1.29, 1.82) is 0 Å². The van der Waals surface area contributed by atoms with Crippen molar-refractivity contribution in [3.63, 3.8) is 0 Å². The lowest BCUT2D eigenvalue weighted by molar-refractivity contribution is -0.133. The Hall–Kier alpha value is -2.41. The van der Waals surface area contributed by atoms with Crippen molar-refractivity contribution in [1.82, 2.24) is 10.2 Å². The number of halogens is 1. The number of hydrogen-bond donors (Lipinski definition) is 1. The highest BCUT2D eigenvalue weighted by molar-refractivity contribution is 7.10. The maximum absolute atomic E-state index is 13.4. The molecule has 1 N–H and O–H groups in total. The Balaban J connectivity index is 1.54. The molecule has 7 heteroatoms. The Morgan fingerprint density at radius 3 is 3.04 bits per heavy atom. The highest BCUT2D eigenvalue weighted by Crippen LogP contribution is 2.24. The second kappa shape index (κ2) is 7.44. The Morgan fingerprint density at radius 2 is 2.25 bits per heavy atom. The minimum Gasteiger partial charge on any atom is -0.483 e. The van der Waals surface area contributed by atoms with Gasteiger partial charge in [-0.3, -0.25) is 9.59 Å². The number of thiophene rings is 1. The molecule has 0 unspecified atom stereocenters. The average Bonchev–Trinajstić information content (AvgIpc) is 3.00. The summed E-state index contributed by atoms with van der Waals surface area (Å²) in [5.74, 6) is -0.105. The van der Waals surface area contributed by atoms with Crippen LogP contribution in [0.25, 0.3) is 0 Å². The van der Waals surface area contributed by atoms with Crippen LogP contribution in [0.15, 0.2) is 35.7 Å². The highest BCUT2D eigenvalue weighted by atomic mass is 32.1. The quantitative estimate of drug-likeness (QED) is 0.899. The van der Waals surface area contributed by atoms with Crippen molar-refractivity contribution in [2.24, 2.45) is 0 Å². The fraction of sp³-hybridized carbons (Fsp3) is 0.294. The van der Waals surface area contributed by atoms with E-state index in [0.717, 1.165) is 4.88 Å². The lowest BCUT2D eigenvalue weighted by Gasteiger charge is -2.20. The SMILES string of the molecule is O=C(Cc1cccs1)NCCN1Cc2cc(F)ccc2OCC1=O. The van der Waals surface area contributed by atoms with Crippen LogP contribution in [-0.4, -0.2) is 36.4 Å². The first-order valence-corrected chi connectivity index (χ1v) is 8.48. The molecular weight excluding hydrogens is 331 g/mol. The summed E-state index contributed by atoms with van der Waals surface area (Å²) in [4.78, 5) is 26.5. The van der Waals surface area contributed by atoms with Crippen LogP contribution in [0, 0.1) is 5.82 Å². The van der Waals surface area contributed by atoms with E-state index in [0.29, 0.717) is 30.8 Å². The zero-order valence-electron chi connectivity index (χ0n) is 13.0. The van der Waals surface area contributed by atoms with Crippen LogP contribution in [0.5, 0.6) is 5.75 Å². The summed E-state index contributed by atoms with van der Waals surface area (Å²) in [6.07, 6.45) is 0.336. The van der Waals surface area contributed by atoms with Crippen molar-refractivity contribution in [2.75, 3.05) is 19.7 Å². The number of benzene rings is 1.